The van der Waals surface area contributed by atoms with E-state index in [1.807, 2.05) is 0 Å². The van der Waals surface area contributed by atoms with E-state index in [2.05, 4.69) is 91.0 Å². The molecule has 138 valence electrons. The van der Waals surface area contributed by atoms with Crippen molar-refractivity contribution in [1.29, 1.82) is 0 Å². The number of hydrogen-bond acceptors (Lipinski definition) is 2. The van der Waals surface area contributed by atoms with Gasteiger partial charge in [-0.1, -0.05) is 54.6 Å². The standard InChI is InChI=1S/C24H26O2P/c1-4-11-21(12-5-1)27(22-13-6-2-7-14-22,23-15-8-3-9-16-23)20-10-17-24-25-18-19-26-24/h1-9,11-16,24H,10,17-20H2/q+1. The minimum atomic E-state index is -1.72. The Balaban J connectivity index is 1.76. The summed E-state index contributed by atoms with van der Waals surface area (Å²) in [5, 5.41) is 4.32. The minimum absolute atomic E-state index is 0.0331. The summed E-state index contributed by atoms with van der Waals surface area (Å²) in [6.07, 6.45) is 3.12. The molecule has 1 fully saturated rings. The molecule has 0 unspecified atom stereocenters. The monoisotopic (exact) mass is 377 g/mol. The van der Waals surface area contributed by atoms with E-state index in [0.29, 0.717) is 0 Å². The van der Waals surface area contributed by atoms with Crippen LogP contribution in [0, 0.1) is 0 Å². The fraction of sp³-hybridized carbons (Fsp3) is 0.250. The van der Waals surface area contributed by atoms with Crippen LogP contribution in [0.4, 0.5) is 0 Å². The first kappa shape index (κ1) is 18.4. The molecule has 0 atom stereocenters. The first-order valence-corrected chi connectivity index (χ1v) is 11.7. The van der Waals surface area contributed by atoms with Gasteiger partial charge in [0, 0.05) is 6.42 Å². The Morgan fingerprint density at radius 1 is 0.630 bits per heavy atom. The first-order chi connectivity index (χ1) is 13.4. The molecule has 0 saturated carbocycles. The Morgan fingerprint density at radius 3 is 1.44 bits per heavy atom. The molecule has 0 aromatic heterocycles. The highest BCUT2D eigenvalue weighted by Crippen LogP contribution is 2.56. The summed E-state index contributed by atoms with van der Waals surface area (Å²) in [5.74, 6) is 0. The SMILES string of the molecule is c1ccc([P+](CCCC2OCCO2)(c2ccccc2)c2ccccc2)cc1. The van der Waals surface area contributed by atoms with Crippen LogP contribution in [0.1, 0.15) is 12.8 Å². The van der Waals surface area contributed by atoms with Crippen molar-refractivity contribution in [2.45, 2.75) is 19.1 Å². The topological polar surface area (TPSA) is 18.5 Å². The van der Waals surface area contributed by atoms with Gasteiger partial charge in [0.15, 0.2) is 6.29 Å². The summed E-state index contributed by atoms with van der Waals surface area (Å²) < 4.78 is 11.3. The van der Waals surface area contributed by atoms with Crippen molar-refractivity contribution in [3.05, 3.63) is 91.0 Å². The van der Waals surface area contributed by atoms with Gasteiger partial charge in [-0.3, -0.25) is 0 Å². The average molecular weight is 377 g/mol. The molecule has 3 aromatic rings. The third kappa shape index (κ3) is 3.99. The molecule has 3 heteroatoms. The molecule has 1 aliphatic rings. The van der Waals surface area contributed by atoms with Crippen LogP contribution >= 0.6 is 7.26 Å². The molecular weight excluding hydrogens is 351 g/mol. The number of hydrogen-bond donors (Lipinski definition) is 0. The van der Waals surface area contributed by atoms with Gasteiger partial charge >= 0.3 is 0 Å². The van der Waals surface area contributed by atoms with Gasteiger partial charge in [0.1, 0.15) is 23.2 Å². The maximum atomic E-state index is 5.67. The van der Waals surface area contributed by atoms with Gasteiger partial charge in [-0.05, 0) is 42.8 Å². The molecule has 0 bridgehead atoms. The van der Waals surface area contributed by atoms with Gasteiger partial charge in [0.2, 0.25) is 0 Å². The third-order valence-corrected chi connectivity index (χ3v) is 9.74. The summed E-state index contributed by atoms with van der Waals surface area (Å²) in [6, 6.07) is 33.1. The molecule has 0 aliphatic carbocycles. The molecule has 0 N–H and O–H groups in total. The third-order valence-electron chi connectivity index (χ3n) is 5.22. The van der Waals surface area contributed by atoms with Crippen LogP contribution in [0.3, 0.4) is 0 Å². The zero-order valence-corrected chi connectivity index (χ0v) is 16.4. The van der Waals surface area contributed by atoms with Crippen molar-refractivity contribution in [3.8, 4) is 0 Å². The van der Waals surface area contributed by atoms with Gasteiger partial charge in [0.05, 0.1) is 19.4 Å². The van der Waals surface area contributed by atoms with Gasteiger partial charge in [-0.2, -0.15) is 0 Å². The molecule has 1 heterocycles. The van der Waals surface area contributed by atoms with E-state index in [9.17, 15) is 0 Å². The molecule has 1 saturated heterocycles. The molecular formula is C24H26O2P+. The summed E-state index contributed by atoms with van der Waals surface area (Å²) in [7, 11) is -1.72. The average Bonchev–Trinajstić information content (AvgIpc) is 3.27. The van der Waals surface area contributed by atoms with E-state index in [-0.39, 0.29) is 6.29 Å². The minimum Gasteiger partial charge on any atom is -0.350 e. The summed E-state index contributed by atoms with van der Waals surface area (Å²) >= 11 is 0. The Bertz CT molecular complexity index is 718. The zero-order chi connectivity index (χ0) is 18.4. The van der Waals surface area contributed by atoms with Crippen molar-refractivity contribution in [3.63, 3.8) is 0 Å². The maximum absolute atomic E-state index is 5.67. The van der Waals surface area contributed by atoms with E-state index < -0.39 is 7.26 Å². The molecule has 0 amide bonds. The van der Waals surface area contributed by atoms with Crippen LogP contribution in [-0.2, 0) is 9.47 Å². The highest BCUT2D eigenvalue weighted by molar-refractivity contribution is 7.95. The molecule has 1 aliphatic heterocycles. The van der Waals surface area contributed by atoms with Crippen molar-refractivity contribution < 1.29 is 9.47 Å². The van der Waals surface area contributed by atoms with Crippen LogP contribution in [0.15, 0.2) is 91.0 Å². The fourth-order valence-electron chi connectivity index (χ4n) is 3.95. The Labute approximate surface area is 162 Å². The van der Waals surface area contributed by atoms with Crippen LogP contribution in [0.2, 0.25) is 0 Å². The van der Waals surface area contributed by atoms with Crippen LogP contribution in [0.25, 0.3) is 0 Å². The van der Waals surface area contributed by atoms with Gasteiger partial charge in [-0.15, -0.1) is 0 Å². The number of benzene rings is 3. The lowest BCUT2D eigenvalue weighted by Gasteiger charge is -2.28. The Hall–Kier alpha value is -1.99. The lowest BCUT2D eigenvalue weighted by atomic mass is 10.3. The molecule has 3 aromatic carbocycles. The Morgan fingerprint density at radius 2 is 1.04 bits per heavy atom. The largest absolute Gasteiger partial charge is 0.350 e. The summed E-state index contributed by atoms with van der Waals surface area (Å²) in [6.45, 7) is 1.45. The normalized spacial score (nSPS) is 15.1. The second-order valence-electron chi connectivity index (χ2n) is 6.85. The lowest BCUT2D eigenvalue weighted by Crippen LogP contribution is -2.33. The van der Waals surface area contributed by atoms with Crippen molar-refractivity contribution in [2.75, 3.05) is 19.4 Å². The lowest BCUT2D eigenvalue weighted by molar-refractivity contribution is -0.0467. The molecule has 0 spiro atoms. The number of ether oxygens (including phenoxy) is 2. The molecule has 0 radical (unpaired) electrons. The van der Waals surface area contributed by atoms with Crippen LogP contribution < -0.4 is 15.9 Å². The van der Waals surface area contributed by atoms with E-state index in [0.717, 1.165) is 32.2 Å². The fourth-order valence-corrected chi connectivity index (χ4v) is 8.32. The second-order valence-corrected chi connectivity index (χ2v) is 10.5. The van der Waals surface area contributed by atoms with Crippen molar-refractivity contribution in [1.82, 2.24) is 0 Å². The first-order valence-electron chi connectivity index (χ1n) is 9.68. The van der Waals surface area contributed by atoms with Crippen molar-refractivity contribution in [2.24, 2.45) is 0 Å². The smallest absolute Gasteiger partial charge is 0.157 e. The summed E-state index contributed by atoms with van der Waals surface area (Å²) in [4.78, 5) is 0. The van der Waals surface area contributed by atoms with Crippen LogP contribution in [-0.4, -0.2) is 25.7 Å². The van der Waals surface area contributed by atoms with E-state index >= 15 is 0 Å². The Kier molecular flexibility index (Phi) is 5.99. The highest BCUT2D eigenvalue weighted by Gasteiger charge is 2.44. The number of rotatable bonds is 7. The van der Waals surface area contributed by atoms with Gasteiger partial charge < -0.3 is 9.47 Å². The predicted molar refractivity (Wildman–Crippen MR) is 115 cm³/mol. The van der Waals surface area contributed by atoms with Gasteiger partial charge in [-0.25, -0.2) is 0 Å². The quantitative estimate of drug-likeness (QED) is 0.577. The molecule has 4 rings (SSSR count). The predicted octanol–water partition coefficient (Wildman–Crippen LogP) is 4.13. The highest BCUT2D eigenvalue weighted by atomic mass is 31.2. The van der Waals surface area contributed by atoms with E-state index in [4.69, 9.17) is 9.47 Å². The molecule has 27 heavy (non-hydrogen) atoms. The summed E-state index contributed by atoms with van der Waals surface area (Å²) in [5.41, 5.74) is 0. The van der Waals surface area contributed by atoms with E-state index in [1.54, 1.807) is 0 Å². The van der Waals surface area contributed by atoms with E-state index in [1.165, 1.54) is 15.9 Å². The van der Waals surface area contributed by atoms with Gasteiger partial charge in [0.25, 0.3) is 0 Å². The second kappa shape index (κ2) is 8.80. The van der Waals surface area contributed by atoms with Crippen LogP contribution in [0.5, 0.6) is 0 Å². The zero-order valence-electron chi connectivity index (χ0n) is 15.5. The molecule has 2 nitrogen and oxygen atoms in total. The maximum Gasteiger partial charge on any atom is 0.157 e. The van der Waals surface area contributed by atoms with Crippen molar-refractivity contribution >= 4 is 23.2 Å².